The number of hydrogen-bond acceptors (Lipinski definition) is 5. The van der Waals surface area contributed by atoms with Crippen molar-refractivity contribution in [2.24, 2.45) is 5.73 Å². The van der Waals surface area contributed by atoms with Crippen LogP contribution in [0.5, 0.6) is 0 Å². The Morgan fingerprint density at radius 3 is 2.44 bits per heavy atom. The van der Waals surface area contributed by atoms with E-state index in [4.69, 9.17) is 5.73 Å². The number of nitrogens with one attached hydrogen (secondary N) is 2. The standard InChI is InChI=1S/C18H22N4O2S/c1-12(23)20-14-7-5-13(6-8-14)15-11-25-17(21-15)22-16(24)18(19)9-3-2-4-10-18/h5-8,11H,2-4,9-10,19H2,1H3,(H,20,23)(H,21,22,24). The highest BCUT2D eigenvalue weighted by molar-refractivity contribution is 7.14. The molecule has 3 rings (SSSR count). The van der Waals surface area contributed by atoms with Crippen LogP contribution in [-0.2, 0) is 9.59 Å². The minimum atomic E-state index is -0.774. The maximum absolute atomic E-state index is 12.5. The molecule has 1 heterocycles. The van der Waals surface area contributed by atoms with Gasteiger partial charge in [-0.2, -0.15) is 0 Å². The molecule has 1 fully saturated rings. The average molecular weight is 358 g/mol. The molecule has 6 nitrogen and oxygen atoms in total. The van der Waals surface area contributed by atoms with Crippen LogP contribution in [0.15, 0.2) is 29.6 Å². The Hall–Kier alpha value is -2.25. The van der Waals surface area contributed by atoms with Crippen LogP contribution < -0.4 is 16.4 Å². The van der Waals surface area contributed by atoms with Gasteiger partial charge in [0, 0.05) is 23.6 Å². The monoisotopic (exact) mass is 358 g/mol. The van der Waals surface area contributed by atoms with E-state index in [0.29, 0.717) is 5.13 Å². The molecule has 0 aliphatic heterocycles. The van der Waals surface area contributed by atoms with Gasteiger partial charge >= 0.3 is 0 Å². The van der Waals surface area contributed by atoms with Gasteiger partial charge in [0.2, 0.25) is 11.8 Å². The Kier molecular flexibility index (Phi) is 5.15. The Morgan fingerprint density at radius 2 is 1.80 bits per heavy atom. The van der Waals surface area contributed by atoms with Gasteiger partial charge in [-0.3, -0.25) is 9.59 Å². The molecule has 7 heteroatoms. The maximum Gasteiger partial charge on any atom is 0.246 e. The molecule has 25 heavy (non-hydrogen) atoms. The van der Waals surface area contributed by atoms with Gasteiger partial charge in [0.25, 0.3) is 0 Å². The van der Waals surface area contributed by atoms with Gasteiger partial charge in [0.05, 0.1) is 11.2 Å². The highest BCUT2D eigenvalue weighted by Crippen LogP contribution is 2.29. The van der Waals surface area contributed by atoms with E-state index in [2.05, 4.69) is 15.6 Å². The number of thiazole rings is 1. The van der Waals surface area contributed by atoms with Crippen LogP contribution in [0.4, 0.5) is 10.8 Å². The van der Waals surface area contributed by atoms with Crippen molar-refractivity contribution in [3.63, 3.8) is 0 Å². The summed E-state index contributed by atoms with van der Waals surface area (Å²) >= 11 is 1.38. The molecule has 2 aromatic rings. The molecular weight excluding hydrogens is 336 g/mol. The molecule has 1 aliphatic carbocycles. The third-order valence-corrected chi connectivity index (χ3v) is 5.18. The number of aromatic nitrogens is 1. The lowest BCUT2D eigenvalue weighted by atomic mass is 9.82. The molecule has 4 N–H and O–H groups in total. The SMILES string of the molecule is CC(=O)Nc1ccc(-c2csc(NC(=O)C3(N)CCCCC3)n2)cc1. The number of nitrogens with zero attached hydrogens (tertiary/aromatic N) is 1. The second-order valence-corrected chi connectivity index (χ2v) is 7.33. The van der Waals surface area contributed by atoms with Gasteiger partial charge in [-0.05, 0) is 25.0 Å². The first-order valence-electron chi connectivity index (χ1n) is 8.40. The maximum atomic E-state index is 12.5. The summed E-state index contributed by atoms with van der Waals surface area (Å²) in [6.45, 7) is 1.47. The third-order valence-electron chi connectivity index (χ3n) is 4.42. The van der Waals surface area contributed by atoms with Crippen LogP contribution in [0.25, 0.3) is 11.3 Å². The number of carbonyl (C=O) groups is 2. The summed E-state index contributed by atoms with van der Waals surface area (Å²) in [5, 5.41) is 8.05. The molecule has 0 atom stereocenters. The van der Waals surface area contributed by atoms with Gasteiger partial charge in [0.1, 0.15) is 0 Å². The van der Waals surface area contributed by atoms with E-state index >= 15 is 0 Å². The molecule has 1 aromatic carbocycles. The van der Waals surface area contributed by atoms with Crippen molar-refractivity contribution in [2.75, 3.05) is 10.6 Å². The molecule has 0 bridgehead atoms. The lowest BCUT2D eigenvalue weighted by molar-refractivity contribution is -0.122. The topological polar surface area (TPSA) is 97.1 Å². The predicted molar refractivity (Wildman–Crippen MR) is 100 cm³/mol. The summed E-state index contributed by atoms with van der Waals surface area (Å²) in [6.07, 6.45) is 4.58. The molecule has 0 radical (unpaired) electrons. The zero-order valence-corrected chi connectivity index (χ0v) is 15.0. The fourth-order valence-corrected chi connectivity index (χ4v) is 3.74. The second-order valence-electron chi connectivity index (χ2n) is 6.47. The van der Waals surface area contributed by atoms with Crippen LogP contribution in [0.1, 0.15) is 39.0 Å². The van der Waals surface area contributed by atoms with Gasteiger partial charge in [-0.25, -0.2) is 4.98 Å². The number of nitrogens with two attached hydrogens (primary N) is 1. The smallest absolute Gasteiger partial charge is 0.246 e. The minimum Gasteiger partial charge on any atom is -0.326 e. The number of amides is 2. The number of hydrogen-bond donors (Lipinski definition) is 3. The molecule has 1 aromatic heterocycles. The van der Waals surface area contributed by atoms with E-state index < -0.39 is 5.54 Å². The predicted octanol–water partition coefficient (Wildman–Crippen LogP) is 3.37. The van der Waals surface area contributed by atoms with Crippen LogP contribution in [-0.4, -0.2) is 22.3 Å². The van der Waals surface area contributed by atoms with Crippen LogP contribution >= 0.6 is 11.3 Å². The number of benzene rings is 1. The summed E-state index contributed by atoms with van der Waals surface area (Å²) in [5.74, 6) is -0.251. The van der Waals surface area contributed by atoms with Crippen molar-refractivity contribution in [3.8, 4) is 11.3 Å². The van der Waals surface area contributed by atoms with Gasteiger partial charge in [-0.15, -0.1) is 11.3 Å². The number of anilines is 2. The summed E-state index contributed by atoms with van der Waals surface area (Å²) in [7, 11) is 0. The van der Waals surface area contributed by atoms with Crippen LogP contribution in [0.3, 0.4) is 0 Å². The molecule has 0 unspecified atom stereocenters. The zero-order valence-electron chi connectivity index (χ0n) is 14.2. The van der Waals surface area contributed by atoms with Crippen molar-refractivity contribution in [2.45, 2.75) is 44.6 Å². The fraction of sp³-hybridized carbons (Fsp3) is 0.389. The molecule has 132 valence electrons. The van der Waals surface area contributed by atoms with Crippen molar-refractivity contribution in [1.82, 2.24) is 4.98 Å². The van der Waals surface area contributed by atoms with Crippen molar-refractivity contribution < 1.29 is 9.59 Å². The van der Waals surface area contributed by atoms with Gasteiger partial charge in [-0.1, -0.05) is 31.4 Å². The molecule has 2 amide bonds. The van der Waals surface area contributed by atoms with Gasteiger partial charge in [0.15, 0.2) is 5.13 Å². The van der Waals surface area contributed by atoms with E-state index in [0.717, 1.165) is 49.0 Å². The van der Waals surface area contributed by atoms with E-state index in [1.165, 1.54) is 18.3 Å². The Bertz CT molecular complexity index is 764. The van der Waals surface area contributed by atoms with Gasteiger partial charge < -0.3 is 16.4 Å². The molecule has 1 aliphatic rings. The van der Waals surface area contributed by atoms with Crippen LogP contribution in [0, 0.1) is 0 Å². The zero-order chi connectivity index (χ0) is 17.9. The van der Waals surface area contributed by atoms with E-state index in [-0.39, 0.29) is 11.8 Å². The molecule has 0 saturated heterocycles. The highest BCUT2D eigenvalue weighted by atomic mass is 32.1. The fourth-order valence-electron chi connectivity index (χ4n) is 3.02. The molecule has 1 saturated carbocycles. The van der Waals surface area contributed by atoms with Crippen molar-refractivity contribution >= 4 is 34.0 Å². The summed E-state index contributed by atoms with van der Waals surface area (Å²) < 4.78 is 0. The highest BCUT2D eigenvalue weighted by Gasteiger charge is 2.35. The first-order valence-corrected chi connectivity index (χ1v) is 9.28. The van der Waals surface area contributed by atoms with Crippen LogP contribution in [0.2, 0.25) is 0 Å². The van der Waals surface area contributed by atoms with E-state index in [1.54, 1.807) is 0 Å². The summed E-state index contributed by atoms with van der Waals surface area (Å²) in [6, 6.07) is 7.42. The summed E-state index contributed by atoms with van der Waals surface area (Å²) in [4.78, 5) is 28.0. The van der Waals surface area contributed by atoms with Crippen molar-refractivity contribution in [3.05, 3.63) is 29.6 Å². The number of carbonyl (C=O) groups excluding carboxylic acids is 2. The third kappa shape index (κ3) is 4.24. The largest absolute Gasteiger partial charge is 0.326 e. The Balaban J connectivity index is 1.67. The lowest BCUT2D eigenvalue weighted by Crippen LogP contribution is -2.52. The quantitative estimate of drug-likeness (QED) is 0.780. The van der Waals surface area contributed by atoms with E-state index in [9.17, 15) is 9.59 Å². The summed E-state index contributed by atoms with van der Waals surface area (Å²) in [5.41, 5.74) is 7.92. The second kappa shape index (κ2) is 7.33. The lowest BCUT2D eigenvalue weighted by Gasteiger charge is -2.31. The average Bonchev–Trinajstić information content (AvgIpc) is 3.04. The molecular formula is C18H22N4O2S. The van der Waals surface area contributed by atoms with Crippen molar-refractivity contribution in [1.29, 1.82) is 0 Å². The normalized spacial score (nSPS) is 16.2. The minimum absolute atomic E-state index is 0.107. The number of rotatable bonds is 4. The first kappa shape index (κ1) is 17.6. The Morgan fingerprint density at radius 1 is 1.12 bits per heavy atom. The van der Waals surface area contributed by atoms with E-state index in [1.807, 2.05) is 29.6 Å². The first-order chi connectivity index (χ1) is 12.0. The Labute approximate surface area is 150 Å². The molecule has 0 spiro atoms.